The first-order valence-electron chi connectivity index (χ1n) is 7.04. The third-order valence-electron chi connectivity index (χ3n) is 3.71. The molecule has 1 atom stereocenters. The van der Waals surface area contributed by atoms with E-state index in [9.17, 15) is 0 Å². The molecule has 1 unspecified atom stereocenters. The van der Waals surface area contributed by atoms with Crippen molar-refractivity contribution in [1.29, 1.82) is 0 Å². The van der Waals surface area contributed by atoms with Gasteiger partial charge in [0.05, 0.1) is 17.1 Å². The number of hydrogen-bond acceptors (Lipinski definition) is 2. The molecule has 1 N–H and O–H groups in total. The second kappa shape index (κ2) is 5.88. The maximum absolute atomic E-state index is 6.01. The lowest BCUT2D eigenvalue weighted by Gasteiger charge is -2.14. The third-order valence-corrected chi connectivity index (χ3v) is 3.95. The minimum Gasteiger partial charge on any atom is -0.330 e. The number of hydrogen-bond donors (Lipinski definition) is 1. The Morgan fingerprint density at radius 3 is 2.76 bits per heavy atom. The molecule has 0 saturated heterocycles. The molecule has 3 aromatic rings. The number of aryl methyl sites for hydroxylation is 1. The Morgan fingerprint density at radius 2 is 2.00 bits per heavy atom. The van der Waals surface area contributed by atoms with Gasteiger partial charge in [0.2, 0.25) is 0 Å². The highest BCUT2D eigenvalue weighted by atomic mass is 35.5. The average molecular weight is 300 g/mol. The van der Waals surface area contributed by atoms with E-state index in [0.29, 0.717) is 0 Å². The van der Waals surface area contributed by atoms with Crippen molar-refractivity contribution < 1.29 is 0 Å². The normalized spacial score (nSPS) is 12.7. The van der Waals surface area contributed by atoms with E-state index in [1.165, 1.54) is 5.56 Å². The Balaban J connectivity index is 1.78. The summed E-state index contributed by atoms with van der Waals surface area (Å²) in [5.41, 5.74) is 3.36. The van der Waals surface area contributed by atoms with Gasteiger partial charge in [-0.3, -0.25) is 0 Å². The summed E-state index contributed by atoms with van der Waals surface area (Å²) in [5.74, 6) is 1.04. The zero-order valence-electron chi connectivity index (χ0n) is 12.2. The van der Waals surface area contributed by atoms with Crippen LogP contribution in [0.25, 0.3) is 11.0 Å². The molecule has 0 spiro atoms. The summed E-state index contributed by atoms with van der Waals surface area (Å²) in [6.45, 7) is 2.90. The second-order valence-electron chi connectivity index (χ2n) is 5.25. The Bertz CT molecular complexity index is 764. The van der Waals surface area contributed by atoms with Crippen LogP contribution in [0.2, 0.25) is 5.02 Å². The predicted octanol–water partition coefficient (Wildman–Crippen LogP) is 4.08. The van der Waals surface area contributed by atoms with Crippen LogP contribution in [0.4, 0.5) is 0 Å². The van der Waals surface area contributed by atoms with Crippen LogP contribution >= 0.6 is 11.6 Å². The molecule has 0 fully saturated rings. The molecule has 2 aromatic carbocycles. The van der Waals surface area contributed by atoms with Crippen LogP contribution < -0.4 is 5.32 Å². The van der Waals surface area contributed by atoms with Crippen LogP contribution in [-0.2, 0) is 13.6 Å². The molecular formula is C17H18ClN3. The quantitative estimate of drug-likeness (QED) is 0.787. The third kappa shape index (κ3) is 2.94. The molecule has 0 aliphatic carbocycles. The van der Waals surface area contributed by atoms with Crippen molar-refractivity contribution >= 4 is 22.6 Å². The summed E-state index contributed by atoms with van der Waals surface area (Å²) < 4.78 is 2.14. The van der Waals surface area contributed by atoms with E-state index < -0.39 is 0 Å². The van der Waals surface area contributed by atoms with Gasteiger partial charge in [0.25, 0.3) is 0 Å². The van der Waals surface area contributed by atoms with Crippen LogP contribution in [0.3, 0.4) is 0 Å². The standard InChI is InChI=1S/C17H18ClN3/c1-12(19-11-13-6-5-7-14(18)10-13)17-20-15-8-3-4-9-16(15)21(17)2/h3-10,12,19H,11H2,1-2H3. The van der Waals surface area contributed by atoms with Crippen molar-refractivity contribution in [3.63, 3.8) is 0 Å². The Morgan fingerprint density at radius 1 is 1.19 bits per heavy atom. The number of rotatable bonds is 4. The van der Waals surface area contributed by atoms with Crippen LogP contribution in [-0.4, -0.2) is 9.55 Å². The van der Waals surface area contributed by atoms with Crippen molar-refractivity contribution in [2.45, 2.75) is 19.5 Å². The van der Waals surface area contributed by atoms with Crippen LogP contribution in [0.1, 0.15) is 24.4 Å². The molecule has 4 heteroatoms. The predicted molar refractivity (Wildman–Crippen MR) is 87.4 cm³/mol. The minimum absolute atomic E-state index is 0.168. The zero-order chi connectivity index (χ0) is 14.8. The summed E-state index contributed by atoms with van der Waals surface area (Å²) in [5, 5.41) is 4.27. The second-order valence-corrected chi connectivity index (χ2v) is 5.69. The van der Waals surface area contributed by atoms with Gasteiger partial charge in [0, 0.05) is 18.6 Å². The summed E-state index contributed by atoms with van der Waals surface area (Å²) in [6, 6.07) is 16.3. The Kier molecular flexibility index (Phi) is 3.95. The maximum atomic E-state index is 6.01. The zero-order valence-corrected chi connectivity index (χ0v) is 12.9. The highest BCUT2D eigenvalue weighted by Gasteiger charge is 2.13. The number of aromatic nitrogens is 2. The number of fused-ring (bicyclic) bond motifs is 1. The van der Waals surface area contributed by atoms with Crippen molar-refractivity contribution in [2.24, 2.45) is 7.05 Å². The van der Waals surface area contributed by atoms with Crippen molar-refractivity contribution in [2.75, 3.05) is 0 Å². The van der Waals surface area contributed by atoms with Gasteiger partial charge in [-0.05, 0) is 36.8 Å². The van der Waals surface area contributed by atoms with E-state index in [0.717, 1.165) is 28.4 Å². The number of imidazole rings is 1. The number of benzene rings is 2. The monoisotopic (exact) mass is 299 g/mol. The molecule has 0 saturated carbocycles. The molecule has 1 aromatic heterocycles. The van der Waals surface area contributed by atoms with Gasteiger partial charge in [-0.25, -0.2) is 4.98 Å². The topological polar surface area (TPSA) is 29.9 Å². The van der Waals surface area contributed by atoms with Crippen molar-refractivity contribution in [3.8, 4) is 0 Å². The summed E-state index contributed by atoms with van der Waals surface area (Å²) >= 11 is 6.01. The van der Waals surface area contributed by atoms with Gasteiger partial charge in [-0.15, -0.1) is 0 Å². The molecule has 0 aliphatic rings. The molecule has 3 nitrogen and oxygen atoms in total. The fourth-order valence-corrected chi connectivity index (χ4v) is 2.77. The SMILES string of the molecule is CC(NCc1cccc(Cl)c1)c1nc2ccccc2n1C. The molecule has 0 aliphatic heterocycles. The lowest BCUT2D eigenvalue weighted by molar-refractivity contribution is 0.533. The van der Waals surface area contributed by atoms with Gasteiger partial charge >= 0.3 is 0 Å². The van der Waals surface area contributed by atoms with E-state index in [4.69, 9.17) is 16.6 Å². The smallest absolute Gasteiger partial charge is 0.126 e. The van der Waals surface area contributed by atoms with Gasteiger partial charge in [-0.2, -0.15) is 0 Å². The first-order chi connectivity index (χ1) is 10.1. The van der Waals surface area contributed by atoms with E-state index in [-0.39, 0.29) is 6.04 Å². The lowest BCUT2D eigenvalue weighted by Crippen LogP contribution is -2.21. The summed E-state index contributed by atoms with van der Waals surface area (Å²) in [7, 11) is 2.06. The van der Waals surface area contributed by atoms with Crippen LogP contribution in [0.5, 0.6) is 0 Å². The number of nitrogens with one attached hydrogen (secondary N) is 1. The summed E-state index contributed by atoms with van der Waals surface area (Å²) in [4.78, 5) is 4.72. The number of para-hydroxylation sites is 2. The van der Waals surface area contributed by atoms with E-state index in [2.05, 4.69) is 36.0 Å². The molecule has 3 rings (SSSR count). The number of halogens is 1. The Hall–Kier alpha value is -1.84. The fourth-order valence-electron chi connectivity index (χ4n) is 2.56. The molecule has 1 heterocycles. The highest BCUT2D eigenvalue weighted by molar-refractivity contribution is 6.30. The number of nitrogens with zero attached hydrogens (tertiary/aromatic N) is 2. The summed E-state index contributed by atoms with van der Waals surface area (Å²) in [6.07, 6.45) is 0. The van der Waals surface area contributed by atoms with E-state index >= 15 is 0 Å². The first-order valence-corrected chi connectivity index (χ1v) is 7.42. The molecule has 21 heavy (non-hydrogen) atoms. The molecule has 0 bridgehead atoms. The highest BCUT2D eigenvalue weighted by Crippen LogP contribution is 2.19. The fraction of sp³-hybridized carbons (Fsp3) is 0.235. The Labute approximate surface area is 129 Å². The molecule has 0 amide bonds. The largest absolute Gasteiger partial charge is 0.330 e. The van der Waals surface area contributed by atoms with Gasteiger partial charge < -0.3 is 9.88 Å². The van der Waals surface area contributed by atoms with E-state index in [1.54, 1.807) is 0 Å². The van der Waals surface area contributed by atoms with Gasteiger partial charge in [0.1, 0.15) is 5.82 Å². The average Bonchev–Trinajstić information content (AvgIpc) is 2.83. The minimum atomic E-state index is 0.168. The van der Waals surface area contributed by atoms with Crippen LogP contribution in [0, 0.1) is 0 Å². The van der Waals surface area contributed by atoms with E-state index in [1.807, 2.05) is 36.4 Å². The first kappa shape index (κ1) is 14.1. The van der Waals surface area contributed by atoms with Gasteiger partial charge in [0.15, 0.2) is 0 Å². The molecule has 108 valence electrons. The lowest BCUT2D eigenvalue weighted by atomic mass is 10.2. The molecular weight excluding hydrogens is 282 g/mol. The maximum Gasteiger partial charge on any atom is 0.126 e. The van der Waals surface area contributed by atoms with Gasteiger partial charge in [-0.1, -0.05) is 35.9 Å². The van der Waals surface area contributed by atoms with Crippen LogP contribution in [0.15, 0.2) is 48.5 Å². The van der Waals surface area contributed by atoms with Crippen molar-refractivity contribution in [1.82, 2.24) is 14.9 Å². The van der Waals surface area contributed by atoms with Crippen molar-refractivity contribution in [3.05, 3.63) is 64.9 Å². The molecule has 0 radical (unpaired) electrons.